The van der Waals surface area contributed by atoms with Crippen LogP contribution in [0.25, 0.3) is 0 Å². The third kappa shape index (κ3) is 6.43. The van der Waals surface area contributed by atoms with Crippen LogP contribution < -0.4 is 11.5 Å². The van der Waals surface area contributed by atoms with Crippen LogP contribution in [0, 0.1) is 0 Å². The lowest BCUT2D eigenvalue weighted by atomic mass is 10.1. The van der Waals surface area contributed by atoms with Gasteiger partial charge in [0.05, 0.1) is 6.61 Å². The fraction of sp³-hybridized carbons (Fsp3) is 0.900. The lowest BCUT2D eigenvalue weighted by molar-refractivity contribution is -0.119. The summed E-state index contributed by atoms with van der Waals surface area (Å²) in [5.74, 6) is -0.305. The van der Waals surface area contributed by atoms with Gasteiger partial charge in [0.25, 0.3) is 0 Å². The first kappa shape index (κ1) is 14.3. The summed E-state index contributed by atoms with van der Waals surface area (Å²) in [4.78, 5) is 13.0. The first-order valence-electron chi connectivity index (χ1n) is 5.45. The van der Waals surface area contributed by atoms with Gasteiger partial charge in [0.2, 0.25) is 5.91 Å². The zero-order valence-electron chi connectivity index (χ0n) is 9.74. The smallest absolute Gasteiger partial charge is 0.219 e. The summed E-state index contributed by atoms with van der Waals surface area (Å²) >= 11 is 0. The minimum Gasteiger partial charge on any atom is -0.380 e. The third-order valence-corrected chi connectivity index (χ3v) is 2.36. The van der Waals surface area contributed by atoms with Crippen molar-refractivity contribution in [2.75, 3.05) is 32.8 Å². The van der Waals surface area contributed by atoms with E-state index in [1.54, 1.807) is 0 Å². The molecular weight excluding hydrogens is 194 g/mol. The van der Waals surface area contributed by atoms with Crippen LogP contribution in [0.1, 0.15) is 20.3 Å². The fourth-order valence-corrected chi connectivity index (χ4v) is 1.52. The number of likely N-dealkylation sites (N-methyl/N-ethyl adjacent to an activating group) is 1. The van der Waals surface area contributed by atoms with Crippen molar-refractivity contribution < 1.29 is 9.53 Å². The van der Waals surface area contributed by atoms with Gasteiger partial charge in [-0.1, -0.05) is 6.92 Å². The molecule has 0 bridgehead atoms. The van der Waals surface area contributed by atoms with Crippen molar-refractivity contribution in [3.8, 4) is 0 Å². The number of amides is 1. The highest BCUT2D eigenvalue weighted by Gasteiger charge is 2.17. The number of rotatable bonds is 9. The number of ether oxygens (including phenoxy) is 1. The van der Waals surface area contributed by atoms with Gasteiger partial charge in [-0.15, -0.1) is 0 Å². The van der Waals surface area contributed by atoms with E-state index in [0.717, 1.165) is 13.1 Å². The van der Waals surface area contributed by atoms with Crippen molar-refractivity contribution in [2.24, 2.45) is 11.5 Å². The molecule has 0 aliphatic rings. The molecule has 0 fully saturated rings. The van der Waals surface area contributed by atoms with Gasteiger partial charge in [0.15, 0.2) is 0 Å². The molecule has 5 heteroatoms. The van der Waals surface area contributed by atoms with E-state index in [1.165, 1.54) is 0 Å². The molecule has 0 saturated heterocycles. The van der Waals surface area contributed by atoms with Crippen LogP contribution in [0.5, 0.6) is 0 Å². The normalized spacial score (nSPS) is 13.1. The minimum absolute atomic E-state index is 0.0351. The van der Waals surface area contributed by atoms with Crippen LogP contribution in [-0.4, -0.2) is 49.7 Å². The summed E-state index contributed by atoms with van der Waals surface area (Å²) in [7, 11) is 0. The largest absolute Gasteiger partial charge is 0.380 e. The highest BCUT2D eigenvalue weighted by molar-refractivity contribution is 5.74. The topological polar surface area (TPSA) is 81.6 Å². The molecule has 1 unspecified atom stereocenters. The van der Waals surface area contributed by atoms with E-state index in [0.29, 0.717) is 26.2 Å². The van der Waals surface area contributed by atoms with Gasteiger partial charge in [-0.2, -0.15) is 0 Å². The van der Waals surface area contributed by atoms with E-state index >= 15 is 0 Å². The van der Waals surface area contributed by atoms with Crippen LogP contribution in [0.2, 0.25) is 0 Å². The second kappa shape index (κ2) is 8.64. The van der Waals surface area contributed by atoms with Crippen LogP contribution in [0.4, 0.5) is 0 Å². The van der Waals surface area contributed by atoms with E-state index < -0.39 is 0 Å². The van der Waals surface area contributed by atoms with Crippen molar-refractivity contribution >= 4 is 5.91 Å². The van der Waals surface area contributed by atoms with Gasteiger partial charge in [-0.05, 0) is 13.5 Å². The number of carbonyl (C=O) groups is 1. The van der Waals surface area contributed by atoms with Crippen LogP contribution in [0.3, 0.4) is 0 Å². The first-order chi connectivity index (χ1) is 7.15. The first-order valence-corrected chi connectivity index (χ1v) is 5.45. The molecule has 0 spiro atoms. The van der Waals surface area contributed by atoms with Gasteiger partial charge in [-0.3, -0.25) is 9.69 Å². The average Bonchev–Trinajstić information content (AvgIpc) is 2.21. The molecule has 0 saturated carbocycles. The highest BCUT2D eigenvalue weighted by Crippen LogP contribution is 2.02. The van der Waals surface area contributed by atoms with Gasteiger partial charge in [0, 0.05) is 32.2 Å². The van der Waals surface area contributed by atoms with Gasteiger partial charge in [0.1, 0.15) is 0 Å². The Balaban J connectivity index is 4.02. The zero-order valence-corrected chi connectivity index (χ0v) is 9.74. The molecule has 0 radical (unpaired) electrons. The number of nitrogens with two attached hydrogens (primary N) is 2. The maximum Gasteiger partial charge on any atom is 0.219 e. The van der Waals surface area contributed by atoms with E-state index in [2.05, 4.69) is 4.90 Å². The fourth-order valence-electron chi connectivity index (χ4n) is 1.52. The van der Waals surface area contributed by atoms with Crippen molar-refractivity contribution in [1.29, 1.82) is 0 Å². The van der Waals surface area contributed by atoms with E-state index in [4.69, 9.17) is 16.2 Å². The summed E-state index contributed by atoms with van der Waals surface area (Å²) in [6.45, 7) is 7.46. The average molecular weight is 217 g/mol. The van der Waals surface area contributed by atoms with Crippen LogP contribution in [0.15, 0.2) is 0 Å². The summed E-state index contributed by atoms with van der Waals surface area (Å²) in [6.07, 6.45) is 0.316. The quantitative estimate of drug-likeness (QED) is 0.512. The molecule has 15 heavy (non-hydrogen) atoms. The molecule has 0 aliphatic heterocycles. The molecule has 5 nitrogen and oxygen atoms in total. The molecule has 90 valence electrons. The van der Waals surface area contributed by atoms with Gasteiger partial charge >= 0.3 is 0 Å². The number of hydrogen-bond donors (Lipinski definition) is 2. The maximum atomic E-state index is 10.8. The Morgan fingerprint density at radius 1 is 1.47 bits per heavy atom. The van der Waals surface area contributed by atoms with Crippen LogP contribution >= 0.6 is 0 Å². The molecule has 0 aliphatic carbocycles. The highest BCUT2D eigenvalue weighted by atomic mass is 16.5. The Morgan fingerprint density at radius 3 is 2.53 bits per heavy atom. The standard InChI is InChI=1S/C10H23N3O2/c1-3-13(5-6-15-4-2)9(8-11)7-10(12)14/h9H,3-8,11H2,1-2H3,(H2,12,14). The number of nitrogens with zero attached hydrogens (tertiary/aromatic N) is 1. The minimum atomic E-state index is -0.305. The number of primary amides is 1. The van der Waals surface area contributed by atoms with Gasteiger partial charge < -0.3 is 16.2 Å². The summed E-state index contributed by atoms with van der Waals surface area (Å²) in [5, 5.41) is 0. The Hall–Kier alpha value is -0.650. The third-order valence-electron chi connectivity index (χ3n) is 2.36. The summed E-state index contributed by atoms with van der Waals surface area (Å²) in [5.41, 5.74) is 10.8. The Kier molecular flexibility index (Phi) is 8.27. The summed E-state index contributed by atoms with van der Waals surface area (Å²) in [6, 6.07) is 0.0351. The van der Waals surface area contributed by atoms with Crippen molar-refractivity contribution in [2.45, 2.75) is 26.3 Å². The van der Waals surface area contributed by atoms with Crippen molar-refractivity contribution in [3.05, 3.63) is 0 Å². The summed E-state index contributed by atoms with van der Waals surface area (Å²) < 4.78 is 5.27. The van der Waals surface area contributed by atoms with E-state index in [9.17, 15) is 4.79 Å². The SMILES string of the molecule is CCOCCN(CC)C(CN)CC(N)=O. The van der Waals surface area contributed by atoms with E-state index in [-0.39, 0.29) is 11.9 Å². The molecule has 0 rings (SSSR count). The lowest BCUT2D eigenvalue weighted by Crippen LogP contribution is -2.44. The second-order valence-corrected chi connectivity index (χ2v) is 3.39. The zero-order chi connectivity index (χ0) is 11.7. The Bertz CT molecular complexity index is 176. The Labute approximate surface area is 91.7 Å². The molecule has 0 heterocycles. The van der Waals surface area contributed by atoms with Gasteiger partial charge in [-0.25, -0.2) is 0 Å². The molecule has 0 aromatic heterocycles. The molecule has 1 amide bonds. The van der Waals surface area contributed by atoms with E-state index in [1.807, 2.05) is 13.8 Å². The van der Waals surface area contributed by atoms with Crippen molar-refractivity contribution in [1.82, 2.24) is 4.90 Å². The molecule has 0 aromatic rings. The predicted octanol–water partition coefficient (Wildman–Crippen LogP) is -0.452. The van der Waals surface area contributed by atoms with Crippen LogP contribution in [-0.2, 0) is 9.53 Å². The number of hydrogen-bond acceptors (Lipinski definition) is 4. The van der Waals surface area contributed by atoms with Crippen molar-refractivity contribution in [3.63, 3.8) is 0 Å². The predicted molar refractivity (Wildman–Crippen MR) is 60.4 cm³/mol. The Morgan fingerprint density at radius 2 is 2.13 bits per heavy atom. The lowest BCUT2D eigenvalue weighted by Gasteiger charge is -2.28. The second-order valence-electron chi connectivity index (χ2n) is 3.39. The molecule has 0 aromatic carbocycles. The molecule has 4 N–H and O–H groups in total. The molecule has 1 atom stereocenters. The monoisotopic (exact) mass is 217 g/mol. The number of carbonyl (C=O) groups excluding carboxylic acids is 1. The maximum absolute atomic E-state index is 10.8. The molecular formula is C10H23N3O2.